The normalized spacial score (nSPS) is 25.3. The van der Waals surface area contributed by atoms with E-state index in [0.717, 1.165) is 48.9 Å². The van der Waals surface area contributed by atoms with E-state index in [-0.39, 0.29) is 24.2 Å². The van der Waals surface area contributed by atoms with Crippen LogP contribution >= 0.6 is 0 Å². The fraction of sp³-hybridized carbons (Fsp3) is 0.500. The Balaban J connectivity index is 1.53. The van der Waals surface area contributed by atoms with E-state index in [2.05, 4.69) is 5.10 Å². The largest absolute Gasteiger partial charge is 0.481 e. The minimum absolute atomic E-state index is 0.00731. The lowest BCUT2D eigenvalue weighted by Crippen LogP contribution is -2.37. The number of carboxylic acid groups (broad SMARTS) is 1. The summed E-state index contributed by atoms with van der Waals surface area (Å²) in [6.07, 6.45) is 4.77. The minimum Gasteiger partial charge on any atom is -0.481 e. The molecule has 1 amide bonds. The molecule has 2 aliphatic carbocycles. The molecule has 2 aromatic rings. The summed E-state index contributed by atoms with van der Waals surface area (Å²) in [6.45, 7) is 2.54. The molecule has 2 atom stereocenters. The Kier molecular flexibility index (Phi) is 4.05. The average molecular weight is 397 g/mol. The number of aliphatic carboxylic acids is 1. The minimum atomic E-state index is -0.816. The second kappa shape index (κ2) is 6.40. The van der Waals surface area contributed by atoms with Crippen molar-refractivity contribution in [2.75, 3.05) is 13.1 Å². The van der Waals surface area contributed by atoms with E-state index in [1.54, 1.807) is 15.6 Å². The average Bonchev–Trinajstić information content (AvgIpc) is 3.41. The maximum atomic E-state index is 14.6. The van der Waals surface area contributed by atoms with Crippen LogP contribution in [0.15, 0.2) is 18.2 Å². The van der Waals surface area contributed by atoms with Crippen LogP contribution in [0, 0.1) is 24.1 Å². The van der Waals surface area contributed by atoms with E-state index >= 15 is 0 Å². The molecule has 1 N–H and O–H groups in total. The first-order chi connectivity index (χ1) is 13.9. The van der Waals surface area contributed by atoms with Gasteiger partial charge in [0.2, 0.25) is 0 Å². The first-order valence-corrected chi connectivity index (χ1v) is 10.3. The number of aryl methyl sites for hydroxylation is 1. The highest BCUT2D eigenvalue weighted by atomic mass is 19.1. The van der Waals surface area contributed by atoms with Gasteiger partial charge in [-0.15, -0.1) is 0 Å². The number of likely N-dealkylation sites (tertiary alicyclic amines) is 1. The van der Waals surface area contributed by atoms with E-state index in [9.17, 15) is 19.1 Å². The molecule has 0 spiro atoms. The summed E-state index contributed by atoms with van der Waals surface area (Å²) in [4.78, 5) is 27.0. The number of hydrogen-bond acceptors (Lipinski definition) is 3. The summed E-state index contributed by atoms with van der Waals surface area (Å²) >= 11 is 0. The van der Waals surface area contributed by atoms with Crippen LogP contribution in [0.5, 0.6) is 0 Å². The van der Waals surface area contributed by atoms with Gasteiger partial charge >= 0.3 is 5.97 Å². The smallest absolute Gasteiger partial charge is 0.311 e. The lowest BCUT2D eigenvalue weighted by atomic mass is 9.81. The highest BCUT2D eigenvalue weighted by molar-refractivity contribution is 5.95. The summed E-state index contributed by atoms with van der Waals surface area (Å²) in [5.74, 6) is -1.37. The van der Waals surface area contributed by atoms with Gasteiger partial charge in [-0.2, -0.15) is 5.10 Å². The van der Waals surface area contributed by atoms with Crippen LogP contribution < -0.4 is 0 Å². The van der Waals surface area contributed by atoms with Crippen LogP contribution in [-0.4, -0.2) is 44.8 Å². The Morgan fingerprint density at radius 3 is 2.83 bits per heavy atom. The number of para-hydroxylation sites is 1. The molecule has 29 heavy (non-hydrogen) atoms. The fourth-order valence-electron chi connectivity index (χ4n) is 5.63. The third-order valence-corrected chi connectivity index (χ3v) is 7.12. The third-order valence-electron chi connectivity index (χ3n) is 7.12. The molecular weight excluding hydrogens is 373 g/mol. The van der Waals surface area contributed by atoms with Crippen molar-refractivity contribution in [1.29, 1.82) is 0 Å². The lowest BCUT2D eigenvalue weighted by Gasteiger charge is -2.23. The zero-order valence-electron chi connectivity index (χ0n) is 16.4. The van der Waals surface area contributed by atoms with Crippen LogP contribution in [0.1, 0.15) is 53.0 Å². The molecule has 152 valence electrons. The summed E-state index contributed by atoms with van der Waals surface area (Å²) in [7, 11) is 0. The summed E-state index contributed by atoms with van der Waals surface area (Å²) in [5, 5.41) is 14.4. The summed E-state index contributed by atoms with van der Waals surface area (Å²) in [6, 6.07) is 4.91. The van der Waals surface area contributed by atoms with E-state index in [4.69, 9.17) is 0 Å². The predicted molar refractivity (Wildman–Crippen MR) is 104 cm³/mol. The van der Waals surface area contributed by atoms with Gasteiger partial charge in [-0.3, -0.25) is 9.59 Å². The molecule has 1 aliphatic heterocycles. The van der Waals surface area contributed by atoms with Gasteiger partial charge in [0.15, 0.2) is 5.69 Å². The number of hydrogen-bond donors (Lipinski definition) is 1. The topological polar surface area (TPSA) is 75.4 Å². The molecule has 1 saturated carbocycles. The molecule has 0 unspecified atom stereocenters. The molecule has 5 rings (SSSR count). The van der Waals surface area contributed by atoms with Gasteiger partial charge in [-0.1, -0.05) is 18.6 Å². The van der Waals surface area contributed by atoms with Gasteiger partial charge in [0.1, 0.15) is 11.5 Å². The number of carbonyl (C=O) groups is 2. The summed E-state index contributed by atoms with van der Waals surface area (Å²) < 4.78 is 16.2. The Bertz CT molecular complexity index is 1010. The highest BCUT2D eigenvalue weighted by Gasteiger charge is 2.56. The van der Waals surface area contributed by atoms with Gasteiger partial charge in [-0.25, -0.2) is 9.07 Å². The zero-order chi connectivity index (χ0) is 20.3. The van der Waals surface area contributed by atoms with Gasteiger partial charge in [-0.05, 0) is 56.6 Å². The monoisotopic (exact) mass is 397 g/mol. The van der Waals surface area contributed by atoms with Gasteiger partial charge < -0.3 is 10.0 Å². The standard InChI is InChI=1S/C22H24FN3O3/c1-13-5-2-8-16(23)19(13)26-17-9-3-7-15(17)18(24-26)20(27)25-11-14-6-4-10-22(14,12-25)21(28)29/h2,5,8,14H,3-4,6-7,9-12H2,1H3,(H,28,29)/t14-,22+/m0/s1. The molecule has 1 saturated heterocycles. The number of amides is 1. The number of nitrogens with zero attached hydrogens (tertiary/aromatic N) is 3. The predicted octanol–water partition coefficient (Wildman–Crippen LogP) is 3.14. The Morgan fingerprint density at radius 1 is 1.28 bits per heavy atom. The van der Waals surface area contributed by atoms with Crippen LogP contribution in [0.3, 0.4) is 0 Å². The van der Waals surface area contributed by atoms with E-state index in [1.807, 2.05) is 13.0 Å². The van der Waals surface area contributed by atoms with Crippen molar-refractivity contribution < 1.29 is 19.1 Å². The van der Waals surface area contributed by atoms with Crippen molar-refractivity contribution in [1.82, 2.24) is 14.7 Å². The number of rotatable bonds is 3. The van der Waals surface area contributed by atoms with Crippen molar-refractivity contribution in [2.45, 2.75) is 45.4 Å². The molecule has 6 nitrogen and oxygen atoms in total. The number of aromatic nitrogens is 2. The fourth-order valence-corrected chi connectivity index (χ4v) is 5.63. The highest BCUT2D eigenvalue weighted by Crippen LogP contribution is 2.49. The second-order valence-electron chi connectivity index (χ2n) is 8.68. The lowest BCUT2D eigenvalue weighted by molar-refractivity contribution is -0.149. The Labute approximate surface area is 168 Å². The van der Waals surface area contributed by atoms with Crippen molar-refractivity contribution >= 4 is 11.9 Å². The SMILES string of the molecule is Cc1cccc(F)c1-n1nc(C(=O)N2C[C@@H]3CCC[C@@]3(C(=O)O)C2)c2c1CCC2. The van der Waals surface area contributed by atoms with Crippen LogP contribution in [0.25, 0.3) is 5.69 Å². The number of halogens is 1. The quantitative estimate of drug-likeness (QED) is 0.863. The van der Waals surface area contributed by atoms with Crippen LogP contribution in [-0.2, 0) is 17.6 Å². The molecule has 1 aromatic heterocycles. The number of carboxylic acids is 1. The Hall–Kier alpha value is -2.70. The molecule has 7 heteroatoms. The second-order valence-corrected chi connectivity index (χ2v) is 8.68. The maximum Gasteiger partial charge on any atom is 0.311 e. The Morgan fingerprint density at radius 2 is 2.10 bits per heavy atom. The van der Waals surface area contributed by atoms with Gasteiger partial charge in [0, 0.05) is 24.3 Å². The molecule has 1 aromatic carbocycles. The van der Waals surface area contributed by atoms with E-state index < -0.39 is 11.4 Å². The van der Waals surface area contributed by atoms with Crippen molar-refractivity contribution in [3.63, 3.8) is 0 Å². The van der Waals surface area contributed by atoms with Crippen molar-refractivity contribution in [3.05, 3.63) is 46.5 Å². The van der Waals surface area contributed by atoms with Crippen molar-refractivity contribution in [2.24, 2.45) is 11.3 Å². The van der Waals surface area contributed by atoms with Crippen LogP contribution in [0.2, 0.25) is 0 Å². The van der Waals surface area contributed by atoms with Gasteiger partial charge in [0.25, 0.3) is 5.91 Å². The van der Waals surface area contributed by atoms with Crippen LogP contribution in [0.4, 0.5) is 4.39 Å². The zero-order valence-corrected chi connectivity index (χ0v) is 16.4. The maximum absolute atomic E-state index is 14.6. The molecule has 2 heterocycles. The summed E-state index contributed by atoms with van der Waals surface area (Å²) in [5.41, 5.74) is 2.49. The van der Waals surface area contributed by atoms with E-state index in [0.29, 0.717) is 24.3 Å². The molecular formula is C22H24FN3O3. The molecule has 0 bridgehead atoms. The molecule has 3 aliphatic rings. The molecule has 0 radical (unpaired) electrons. The number of carbonyl (C=O) groups excluding carboxylic acids is 1. The van der Waals surface area contributed by atoms with E-state index in [1.165, 1.54) is 6.07 Å². The van der Waals surface area contributed by atoms with Crippen molar-refractivity contribution in [3.8, 4) is 5.69 Å². The molecule has 2 fully saturated rings. The number of fused-ring (bicyclic) bond motifs is 2. The third kappa shape index (κ3) is 2.56. The first kappa shape index (κ1) is 18.3. The van der Waals surface area contributed by atoms with Gasteiger partial charge in [0.05, 0.1) is 5.41 Å². The first-order valence-electron chi connectivity index (χ1n) is 10.3. The number of benzene rings is 1.